The molecule has 1 fully saturated rings. The smallest absolute Gasteiger partial charge is 0.0564 e. The van der Waals surface area contributed by atoms with E-state index in [0.717, 1.165) is 17.7 Å². The zero-order valence-corrected chi connectivity index (χ0v) is 11.2. The highest BCUT2D eigenvalue weighted by atomic mass is 32.2. The minimum Gasteiger partial charge on any atom is -0.330 e. The lowest BCUT2D eigenvalue weighted by Crippen LogP contribution is -2.34. The summed E-state index contributed by atoms with van der Waals surface area (Å²) in [6.45, 7) is 2.71. The fraction of sp³-hybridized carbons (Fsp3) is 0.571. The average Bonchev–Trinajstić information content (AvgIpc) is 2.38. The maximum Gasteiger partial charge on any atom is 0.0564 e. The summed E-state index contributed by atoms with van der Waals surface area (Å²) in [5.74, 6) is 0.435. The van der Waals surface area contributed by atoms with Crippen LogP contribution in [-0.2, 0) is 10.8 Å². The first-order chi connectivity index (χ1) is 8.22. The SMILES string of the molecule is Cc1cccc(S(=O)C2CCCCC2CN)c1. The zero-order chi connectivity index (χ0) is 12.3. The van der Waals surface area contributed by atoms with E-state index < -0.39 is 10.8 Å². The van der Waals surface area contributed by atoms with Crippen LogP contribution in [0.4, 0.5) is 0 Å². The third kappa shape index (κ3) is 2.96. The van der Waals surface area contributed by atoms with E-state index in [1.165, 1.54) is 18.4 Å². The fourth-order valence-electron chi connectivity index (χ4n) is 2.64. The van der Waals surface area contributed by atoms with Gasteiger partial charge in [0.05, 0.1) is 10.8 Å². The van der Waals surface area contributed by atoms with Gasteiger partial charge in [0, 0.05) is 10.1 Å². The van der Waals surface area contributed by atoms with Gasteiger partial charge in [0.15, 0.2) is 0 Å². The van der Waals surface area contributed by atoms with Crippen LogP contribution in [0, 0.1) is 12.8 Å². The molecule has 1 aliphatic carbocycles. The molecule has 2 N–H and O–H groups in total. The summed E-state index contributed by atoms with van der Waals surface area (Å²) in [7, 11) is -0.890. The monoisotopic (exact) mass is 251 g/mol. The lowest BCUT2D eigenvalue weighted by Gasteiger charge is -2.29. The minimum atomic E-state index is -0.890. The predicted molar refractivity (Wildman–Crippen MR) is 72.4 cm³/mol. The molecule has 0 heterocycles. The summed E-state index contributed by atoms with van der Waals surface area (Å²) in [4.78, 5) is 0.968. The highest BCUT2D eigenvalue weighted by Crippen LogP contribution is 2.30. The van der Waals surface area contributed by atoms with Crippen molar-refractivity contribution in [3.63, 3.8) is 0 Å². The molecule has 0 spiro atoms. The van der Waals surface area contributed by atoms with Gasteiger partial charge < -0.3 is 5.73 Å². The summed E-state index contributed by atoms with van der Waals surface area (Å²) in [5, 5.41) is 0.260. The van der Waals surface area contributed by atoms with Crippen molar-refractivity contribution in [2.75, 3.05) is 6.54 Å². The normalized spacial score (nSPS) is 26.7. The fourth-order valence-corrected chi connectivity index (χ4v) is 4.48. The summed E-state index contributed by atoms with van der Waals surface area (Å²) in [6.07, 6.45) is 4.63. The van der Waals surface area contributed by atoms with Crippen LogP contribution < -0.4 is 5.73 Å². The number of hydrogen-bond acceptors (Lipinski definition) is 2. The number of nitrogens with two attached hydrogens (primary N) is 1. The van der Waals surface area contributed by atoms with Crippen molar-refractivity contribution in [2.24, 2.45) is 11.7 Å². The van der Waals surface area contributed by atoms with Crippen LogP contribution in [0.1, 0.15) is 31.2 Å². The Morgan fingerprint density at radius 2 is 2.12 bits per heavy atom. The lowest BCUT2D eigenvalue weighted by molar-refractivity contribution is 0.372. The van der Waals surface area contributed by atoms with E-state index in [2.05, 4.69) is 0 Å². The Morgan fingerprint density at radius 1 is 1.35 bits per heavy atom. The lowest BCUT2D eigenvalue weighted by atomic mass is 9.89. The van der Waals surface area contributed by atoms with E-state index in [-0.39, 0.29) is 5.25 Å². The molecule has 1 aromatic rings. The molecule has 0 saturated heterocycles. The molecule has 0 amide bonds. The van der Waals surface area contributed by atoms with Crippen LogP contribution in [0.3, 0.4) is 0 Å². The van der Waals surface area contributed by atoms with Crippen LogP contribution in [-0.4, -0.2) is 16.0 Å². The van der Waals surface area contributed by atoms with Gasteiger partial charge in [-0.15, -0.1) is 0 Å². The van der Waals surface area contributed by atoms with Crippen molar-refractivity contribution in [3.8, 4) is 0 Å². The first-order valence-corrected chi connectivity index (χ1v) is 7.61. The topological polar surface area (TPSA) is 43.1 Å². The van der Waals surface area contributed by atoms with E-state index in [1.807, 2.05) is 31.2 Å². The van der Waals surface area contributed by atoms with Crippen molar-refractivity contribution in [3.05, 3.63) is 29.8 Å². The molecule has 0 aliphatic heterocycles. The maximum atomic E-state index is 12.6. The quantitative estimate of drug-likeness (QED) is 0.897. The Hall–Kier alpha value is -0.670. The van der Waals surface area contributed by atoms with Gasteiger partial charge in [-0.2, -0.15) is 0 Å². The molecule has 3 unspecified atom stereocenters. The second-order valence-corrected chi connectivity index (χ2v) is 6.60. The predicted octanol–water partition coefficient (Wildman–Crippen LogP) is 2.62. The van der Waals surface area contributed by atoms with Gasteiger partial charge in [0.2, 0.25) is 0 Å². The van der Waals surface area contributed by atoms with Gasteiger partial charge in [-0.25, -0.2) is 0 Å². The molecule has 17 heavy (non-hydrogen) atoms. The molecule has 1 aliphatic rings. The second kappa shape index (κ2) is 5.78. The highest BCUT2D eigenvalue weighted by molar-refractivity contribution is 7.85. The molecular formula is C14H21NOS. The number of aryl methyl sites for hydroxylation is 1. The summed E-state index contributed by atoms with van der Waals surface area (Å²) >= 11 is 0. The van der Waals surface area contributed by atoms with Crippen molar-refractivity contribution in [1.82, 2.24) is 0 Å². The van der Waals surface area contributed by atoms with E-state index in [9.17, 15) is 4.21 Å². The van der Waals surface area contributed by atoms with Crippen LogP contribution in [0.5, 0.6) is 0 Å². The second-order valence-electron chi connectivity index (χ2n) is 4.93. The van der Waals surface area contributed by atoms with Gasteiger partial charge in [-0.3, -0.25) is 4.21 Å². The summed E-state index contributed by atoms with van der Waals surface area (Å²) in [6, 6.07) is 8.05. The van der Waals surface area contributed by atoms with Gasteiger partial charge in [0.25, 0.3) is 0 Å². The van der Waals surface area contributed by atoms with Crippen LogP contribution in [0.25, 0.3) is 0 Å². The molecule has 2 nitrogen and oxygen atoms in total. The van der Waals surface area contributed by atoms with Gasteiger partial charge in [-0.05, 0) is 49.9 Å². The molecule has 1 aromatic carbocycles. The van der Waals surface area contributed by atoms with E-state index in [1.54, 1.807) is 0 Å². The van der Waals surface area contributed by atoms with E-state index in [0.29, 0.717) is 12.5 Å². The third-order valence-corrected chi connectivity index (χ3v) is 5.53. The van der Waals surface area contributed by atoms with Gasteiger partial charge in [0.1, 0.15) is 0 Å². The molecule has 0 radical (unpaired) electrons. The Kier molecular flexibility index (Phi) is 4.35. The first kappa shape index (κ1) is 12.8. The van der Waals surface area contributed by atoms with E-state index in [4.69, 9.17) is 5.73 Å². The van der Waals surface area contributed by atoms with Crippen LogP contribution >= 0.6 is 0 Å². The summed E-state index contributed by atoms with van der Waals surface area (Å²) in [5.41, 5.74) is 6.98. The largest absolute Gasteiger partial charge is 0.330 e. The third-order valence-electron chi connectivity index (χ3n) is 3.64. The van der Waals surface area contributed by atoms with Crippen LogP contribution in [0.15, 0.2) is 29.2 Å². The van der Waals surface area contributed by atoms with Gasteiger partial charge in [-0.1, -0.05) is 25.0 Å². The molecular weight excluding hydrogens is 230 g/mol. The minimum absolute atomic E-state index is 0.260. The maximum absolute atomic E-state index is 12.6. The molecule has 0 aromatic heterocycles. The molecule has 94 valence electrons. The van der Waals surface area contributed by atoms with E-state index >= 15 is 0 Å². The Morgan fingerprint density at radius 3 is 2.82 bits per heavy atom. The Bertz CT molecular complexity index is 405. The first-order valence-electron chi connectivity index (χ1n) is 6.39. The number of hydrogen-bond donors (Lipinski definition) is 1. The van der Waals surface area contributed by atoms with Crippen molar-refractivity contribution >= 4 is 10.8 Å². The summed E-state index contributed by atoms with van der Waals surface area (Å²) < 4.78 is 12.6. The standard InChI is InChI=1S/C14H21NOS/c1-11-5-4-7-13(9-11)17(16)14-8-3-2-6-12(14)10-15/h4-5,7,9,12,14H,2-3,6,8,10,15H2,1H3. The Labute approximate surface area is 106 Å². The molecule has 2 rings (SSSR count). The molecule has 3 atom stereocenters. The highest BCUT2D eigenvalue weighted by Gasteiger charge is 2.29. The molecule has 0 bridgehead atoms. The van der Waals surface area contributed by atoms with Crippen molar-refractivity contribution < 1.29 is 4.21 Å². The van der Waals surface area contributed by atoms with Crippen molar-refractivity contribution in [2.45, 2.75) is 42.8 Å². The average molecular weight is 251 g/mol. The Balaban J connectivity index is 2.18. The zero-order valence-electron chi connectivity index (χ0n) is 10.4. The number of benzene rings is 1. The molecule has 3 heteroatoms. The van der Waals surface area contributed by atoms with Crippen molar-refractivity contribution in [1.29, 1.82) is 0 Å². The van der Waals surface area contributed by atoms with Gasteiger partial charge >= 0.3 is 0 Å². The number of rotatable bonds is 3. The van der Waals surface area contributed by atoms with Crippen LogP contribution in [0.2, 0.25) is 0 Å². The molecule has 1 saturated carbocycles.